The van der Waals surface area contributed by atoms with E-state index in [0.717, 1.165) is 49.8 Å². The summed E-state index contributed by atoms with van der Waals surface area (Å²) in [5.74, 6) is 1.41. The van der Waals surface area contributed by atoms with E-state index in [1.54, 1.807) is 26.4 Å². The van der Waals surface area contributed by atoms with Crippen LogP contribution in [0.15, 0.2) is 36.4 Å². The summed E-state index contributed by atoms with van der Waals surface area (Å²) in [5, 5.41) is 0. The summed E-state index contributed by atoms with van der Waals surface area (Å²) in [4.78, 5) is 19.2. The van der Waals surface area contributed by atoms with E-state index in [0.29, 0.717) is 19.6 Å². The number of hydrogen-bond acceptors (Lipinski definition) is 5. The van der Waals surface area contributed by atoms with Crippen LogP contribution in [0, 0.1) is 5.82 Å². The summed E-state index contributed by atoms with van der Waals surface area (Å²) in [6.45, 7) is 4.90. The molecule has 0 bridgehead atoms. The van der Waals surface area contributed by atoms with Crippen LogP contribution < -0.4 is 14.4 Å². The van der Waals surface area contributed by atoms with Crippen LogP contribution in [0.25, 0.3) is 0 Å². The summed E-state index contributed by atoms with van der Waals surface area (Å²) in [6.07, 6.45) is 0.890. The smallest absolute Gasteiger partial charge is 0.236 e. The lowest BCUT2D eigenvalue weighted by molar-refractivity contribution is -0.132. The highest BCUT2D eigenvalue weighted by molar-refractivity contribution is 5.78. The summed E-state index contributed by atoms with van der Waals surface area (Å²) in [5.41, 5.74) is 3.44. The Labute approximate surface area is 176 Å². The molecule has 6 nitrogen and oxygen atoms in total. The Bertz CT molecular complexity index is 895. The van der Waals surface area contributed by atoms with Crippen molar-refractivity contribution in [2.75, 3.05) is 58.4 Å². The van der Waals surface area contributed by atoms with E-state index in [2.05, 4.69) is 9.80 Å². The number of amides is 1. The third kappa shape index (κ3) is 4.36. The second kappa shape index (κ2) is 8.92. The third-order valence-corrected chi connectivity index (χ3v) is 5.98. The molecule has 2 aromatic carbocycles. The van der Waals surface area contributed by atoms with Crippen LogP contribution in [0.3, 0.4) is 0 Å². The highest BCUT2D eigenvalue weighted by Crippen LogP contribution is 2.33. The molecule has 2 aliphatic heterocycles. The van der Waals surface area contributed by atoms with Crippen molar-refractivity contribution in [3.8, 4) is 11.5 Å². The Morgan fingerprint density at radius 2 is 1.57 bits per heavy atom. The summed E-state index contributed by atoms with van der Waals surface area (Å²) < 4.78 is 23.9. The zero-order valence-corrected chi connectivity index (χ0v) is 17.6. The molecule has 1 fully saturated rings. The van der Waals surface area contributed by atoms with Crippen LogP contribution in [0.2, 0.25) is 0 Å². The lowest BCUT2D eigenvalue weighted by Gasteiger charge is -2.37. The van der Waals surface area contributed by atoms with E-state index in [1.165, 1.54) is 23.3 Å². The van der Waals surface area contributed by atoms with E-state index in [1.807, 2.05) is 17.0 Å². The predicted molar refractivity (Wildman–Crippen MR) is 114 cm³/mol. The Hall–Kier alpha value is -2.80. The van der Waals surface area contributed by atoms with Gasteiger partial charge in [-0.15, -0.1) is 0 Å². The standard InChI is InChI=1S/C23H28FN3O3/c1-29-21-13-17-7-8-25(15-18(17)14-22(21)30-2)16-23(28)27-11-9-26(10-12-27)20-5-3-19(24)4-6-20/h3-6,13-14H,7-12,15-16H2,1-2H3. The predicted octanol–water partition coefficient (Wildman–Crippen LogP) is 2.55. The fraction of sp³-hybridized carbons (Fsp3) is 0.435. The number of nitrogens with zero attached hydrogens (tertiary/aromatic N) is 3. The van der Waals surface area contributed by atoms with Crippen LogP contribution in [0.5, 0.6) is 11.5 Å². The second-order valence-electron chi connectivity index (χ2n) is 7.78. The Morgan fingerprint density at radius 3 is 2.20 bits per heavy atom. The van der Waals surface area contributed by atoms with Crippen molar-refractivity contribution in [3.05, 3.63) is 53.3 Å². The maximum Gasteiger partial charge on any atom is 0.236 e. The molecule has 0 N–H and O–H groups in total. The van der Waals surface area contributed by atoms with E-state index in [-0.39, 0.29) is 11.7 Å². The molecule has 2 heterocycles. The number of fused-ring (bicyclic) bond motifs is 1. The van der Waals surface area contributed by atoms with Gasteiger partial charge in [-0.2, -0.15) is 0 Å². The number of carbonyl (C=O) groups is 1. The molecule has 0 spiro atoms. The van der Waals surface area contributed by atoms with Crippen molar-refractivity contribution in [2.24, 2.45) is 0 Å². The van der Waals surface area contributed by atoms with E-state index in [9.17, 15) is 9.18 Å². The van der Waals surface area contributed by atoms with Gasteiger partial charge in [-0.25, -0.2) is 4.39 Å². The average Bonchev–Trinajstić information content (AvgIpc) is 2.78. The monoisotopic (exact) mass is 413 g/mol. The van der Waals surface area contributed by atoms with Gasteiger partial charge in [0.05, 0.1) is 20.8 Å². The number of piperazine rings is 1. The molecule has 30 heavy (non-hydrogen) atoms. The molecule has 160 valence electrons. The highest BCUT2D eigenvalue weighted by Gasteiger charge is 2.25. The molecular weight excluding hydrogens is 385 g/mol. The number of methoxy groups -OCH3 is 2. The van der Waals surface area contributed by atoms with Crippen LogP contribution in [0.4, 0.5) is 10.1 Å². The topological polar surface area (TPSA) is 45.3 Å². The van der Waals surface area contributed by atoms with Crippen molar-refractivity contribution >= 4 is 11.6 Å². The molecule has 0 saturated carbocycles. The zero-order chi connectivity index (χ0) is 21.1. The fourth-order valence-corrected chi connectivity index (χ4v) is 4.23. The lowest BCUT2D eigenvalue weighted by Crippen LogP contribution is -2.51. The molecule has 2 aromatic rings. The molecule has 4 rings (SSSR count). The third-order valence-electron chi connectivity index (χ3n) is 5.98. The first kappa shape index (κ1) is 20.5. The number of rotatable bonds is 5. The van der Waals surface area contributed by atoms with Gasteiger partial charge < -0.3 is 19.3 Å². The van der Waals surface area contributed by atoms with E-state index >= 15 is 0 Å². The minimum absolute atomic E-state index is 0.165. The Morgan fingerprint density at radius 1 is 0.933 bits per heavy atom. The van der Waals surface area contributed by atoms with Gasteiger partial charge in [0.15, 0.2) is 11.5 Å². The second-order valence-corrected chi connectivity index (χ2v) is 7.78. The number of anilines is 1. The highest BCUT2D eigenvalue weighted by atomic mass is 19.1. The van der Waals surface area contributed by atoms with Crippen molar-refractivity contribution < 1.29 is 18.7 Å². The summed E-state index contributed by atoms with van der Waals surface area (Å²) in [7, 11) is 3.29. The molecule has 0 unspecified atom stereocenters. The molecule has 7 heteroatoms. The first-order chi connectivity index (χ1) is 14.6. The average molecular weight is 413 g/mol. The van der Waals surface area contributed by atoms with Gasteiger partial charge in [-0.3, -0.25) is 9.69 Å². The Balaban J connectivity index is 1.32. The van der Waals surface area contributed by atoms with Gasteiger partial charge in [0, 0.05) is 45.0 Å². The van der Waals surface area contributed by atoms with Gasteiger partial charge in [-0.1, -0.05) is 0 Å². The zero-order valence-electron chi connectivity index (χ0n) is 17.6. The minimum Gasteiger partial charge on any atom is -0.493 e. The molecule has 0 atom stereocenters. The first-order valence-electron chi connectivity index (χ1n) is 10.3. The van der Waals surface area contributed by atoms with Crippen molar-refractivity contribution in [2.45, 2.75) is 13.0 Å². The van der Waals surface area contributed by atoms with Gasteiger partial charge in [0.25, 0.3) is 0 Å². The first-order valence-corrected chi connectivity index (χ1v) is 10.3. The van der Waals surface area contributed by atoms with Gasteiger partial charge in [0.1, 0.15) is 5.82 Å². The van der Waals surface area contributed by atoms with Crippen LogP contribution in [-0.2, 0) is 17.8 Å². The molecule has 1 saturated heterocycles. The molecule has 1 amide bonds. The molecule has 0 aromatic heterocycles. The normalized spacial score (nSPS) is 16.9. The van der Waals surface area contributed by atoms with E-state index in [4.69, 9.17) is 9.47 Å². The summed E-state index contributed by atoms with van der Waals surface area (Å²) in [6, 6.07) is 10.6. The van der Waals surface area contributed by atoms with Gasteiger partial charge in [0.2, 0.25) is 5.91 Å². The van der Waals surface area contributed by atoms with Crippen LogP contribution in [-0.4, -0.2) is 69.2 Å². The quantitative estimate of drug-likeness (QED) is 0.754. The number of carbonyl (C=O) groups excluding carboxylic acids is 1. The van der Waals surface area contributed by atoms with Crippen LogP contribution in [0.1, 0.15) is 11.1 Å². The van der Waals surface area contributed by atoms with Gasteiger partial charge in [-0.05, 0) is 53.9 Å². The van der Waals surface area contributed by atoms with Crippen LogP contribution >= 0.6 is 0 Å². The maximum atomic E-state index is 13.1. The van der Waals surface area contributed by atoms with E-state index < -0.39 is 0 Å². The molecule has 2 aliphatic rings. The number of hydrogen-bond donors (Lipinski definition) is 0. The number of ether oxygens (including phenoxy) is 2. The fourth-order valence-electron chi connectivity index (χ4n) is 4.23. The van der Waals surface area contributed by atoms with Gasteiger partial charge >= 0.3 is 0 Å². The van der Waals surface area contributed by atoms with Crippen molar-refractivity contribution in [1.29, 1.82) is 0 Å². The molecular formula is C23H28FN3O3. The lowest BCUT2D eigenvalue weighted by atomic mass is 9.98. The maximum absolute atomic E-state index is 13.1. The number of halogens is 1. The van der Waals surface area contributed by atoms with Crippen molar-refractivity contribution in [3.63, 3.8) is 0 Å². The largest absolute Gasteiger partial charge is 0.493 e. The SMILES string of the molecule is COc1cc2c(cc1OC)CN(CC(=O)N1CCN(c3ccc(F)cc3)CC1)CC2. The molecule has 0 aliphatic carbocycles. The Kier molecular flexibility index (Phi) is 6.08. The summed E-state index contributed by atoms with van der Waals surface area (Å²) >= 11 is 0. The molecule has 0 radical (unpaired) electrons. The minimum atomic E-state index is -0.230. The van der Waals surface area contributed by atoms with Crippen molar-refractivity contribution in [1.82, 2.24) is 9.80 Å². The number of benzene rings is 2.